The molecule has 142 valence electrons. The highest BCUT2D eigenvalue weighted by Gasteiger charge is 2.48. The van der Waals surface area contributed by atoms with Crippen LogP contribution in [0.4, 0.5) is 4.79 Å². The van der Waals surface area contributed by atoms with E-state index in [0.717, 1.165) is 11.8 Å². The van der Waals surface area contributed by atoms with Gasteiger partial charge in [-0.15, -0.1) is 0 Å². The van der Waals surface area contributed by atoms with E-state index in [1.807, 2.05) is 34.6 Å². The lowest BCUT2D eigenvalue weighted by Gasteiger charge is -2.54. The van der Waals surface area contributed by atoms with Gasteiger partial charge in [-0.3, -0.25) is 4.79 Å². The highest BCUT2D eigenvalue weighted by Crippen LogP contribution is 2.53. The van der Waals surface area contributed by atoms with Crippen molar-refractivity contribution in [2.75, 3.05) is 0 Å². The molecule has 2 N–H and O–H groups in total. The molecule has 4 bridgehead atoms. The number of rotatable bonds is 4. The summed E-state index contributed by atoms with van der Waals surface area (Å²) in [4.78, 5) is 24.6. The molecule has 25 heavy (non-hydrogen) atoms. The molecule has 5 heteroatoms. The normalized spacial score (nSPS) is 33.9. The fraction of sp³-hybridized carbons (Fsp3) is 0.900. The van der Waals surface area contributed by atoms with Gasteiger partial charge in [-0.05, 0) is 90.4 Å². The van der Waals surface area contributed by atoms with E-state index >= 15 is 0 Å². The lowest BCUT2D eigenvalue weighted by atomic mass is 9.54. The van der Waals surface area contributed by atoms with Gasteiger partial charge in [0.1, 0.15) is 5.60 Å². The molecule has 0 saturated heterocycles. The summed E-state index contributed by atoms with van der Waals surface area (Å²) in [6, 6.07) is 0.345. The van der Waals surface area contributed by atoms with E-state index in [1.165, 1.54) is 32.1 Å². The number of carbonyl (C=O) groups is 2. The van der Waals surface area contributed by atoms with E-state index in [4.69, 9.17) is 4.74 Å². The van der Waals surface area contributed by atoms with Crippen LogP contribution < -0.4 is 10.6 Å². The van der Waals surface area contributed by atoms with Crippen LogP contribution >= 0.6 is 0 Å². The molecular weight excluding hydrogens is 316 g/mol. The lowest BCUT2D eigenvalue weighted by Crippen LogP contribution is -2.57. The van der Waals surface area contributed by atoms with Gasteiger partial charge in [-0.1, -0.05) is 0 Å². The summed E-state index contributed by atoms with van der Waals surface area (Å²) in [6.45, 7) is 9.23. The Morgan fingerprint density at radius 2 is 1.44 bits per heavy atom. The molecule has 5 nitrogen and oxygen atoms in total. The smallest absolute Gasteiger partial charge is 0.408 e. The first-order chi connectivity index (χ1) is 11.5. The summed E-state index contributed by atoms with van der Waals surface area (Å²) < 4.78 is 5.30. The SMILES string of the molecule is CC(C)(CC(=O)NC1C2CC3CC(C2)CC1C3)NC(=O)OC(C)(C)C. The Morgan fingerprint density at radius 3 is 1.92 bits per heavy atom. The molecule has 0 aromatic carbocycles. The van der Waals surface area contributed by atoms with Crippen LogP contribution in [0, 0.1) is 23.7 Å². The number of ether oxygens (including phenoxy) is 1. The Hall–Kier alpha value is -1.26. The number of nitrogens with one attached hydrogen (secondary N) is 2. The minimum absolute atomic E-state index is 0.0403. The number of hydrogen-bond acceptors (Lipinski definition) is 3. The third-order valence-corrected chi connectivity index (χ3v) is 6.00. The predicted octanol–water partition coefficient (Wildman–Crippen LogP) is 3.62. The molecule has 0 heterocycles. The molecule has 0 atom stereocenters. The molecule has 2 amide bonds. The summed E-state index contributed by atoms with van der Waals surface area (Å²) in [5.41, 5.74) is -1.17. The van der Waals surface area contributed by atoms with Crippen molar-refractivity contribution in [1.82, 2.24) is 10.6 Å². The second-order valence-corrected chi connectivity index (χ2v) is 10.2. The monoisotopic (exact) mass is 350 g/mol. The van der Waals surface area contributed by atoms with Crippen LogP contribution in [0.3, 0.4) is 0 Å². The van der Waals surface area contributed by atoms with Gasteiger partial charge >= 0.3 is 6.09 Å². The van der Waals surface area contributed by atoms with Gasteiger partial charge in [0.05, 0.1) is 0 Å². The van der Waals surface area contributed by atoms with Gasteiger partial charge in [0.2, 0.25) is 5.91 Å². The van der Waals surface area contributed by atoms with E-state index in [0.29, 0.717) is 17.9 Å². The second-order valence-electron chi connectivity index (χ2n) is 10.2. The van der Waals surface area contributed by atoms with Crippen molar-refractivity contribution >= 4 is 12.0 Å². The molecule has 0 aliphatic heterocycles. The molecule has 4 aliphatic rings. The molecule has 4 saturated carbocycles. The van der Waals surface area contributed by atoms with Crippen molar-refractivity contribution in [2.45, 2.75) is 90.3 Å². The van der Waals surface area contributed by atoms with Crippen molar-refractivity contribution < 1.29 is 14.3 Å². The van der Waals surface area contributed by atoms with E-state index in [1.54, 1.807) is 0 Å². The first-order valence-corrected chi connectivity index (χ1v) is 9.81. The number of carbonyl (C=O) groups excluding carboxylic acids is 2. The summed E-state index contributed by atoms with van der Waals surface area (Å²) in [5, 5.41) is 6.13. The fourth-order valence-electron chi connectivity index (χ4n) is 5.42. The van der Waals surface area contributed by atoms with Crippen molar-refractivity contribution in [3.63, 3.8) is 0 Å². The van der Waals surface area contributed by atoms with Crippen LogP contribution in [0.1, 0.15) is 73.1 Å². The van der Waals surface area contributed by atoms with Gasteiger partial charge in [0.15, 0.2) is 0 Å². The zero-order chi connectivity index (χ0) is 18.4. The topological polar surface area (TPSA) is 67.4 Å². The Kier molecular flexibility index (Phi) is 4.80. The molecule has 4 fully saturated rings. The van der Waals surface area contributed by atoms with Crippen molar-refractivity contribution in [3.8, 4) is 0 Å². The number of alkyl carbamates (subject to hydrolysis) is 1. The molecular formula is C20H34N2O3. The van der Waals surface area contributed by atoms with Gasteiger partial charge in [0, 0.05) is 18.0 Å². The minimum Gasteiger partial charge on any atom is -0.444 e. The van der Waals surface area contributed by atoms with Crippen molar-refractivity contribution in [1.29, 1.82) is 0 Å². The summed E-state index contributed by atoms with van der Waals surface area (Å²) >= 11 is 0. The highest BCUT2D eigenvalue weighted by molar-refractivity contribution is 5.79. The standard InChI is InChI=1S/C20H34N2O3/c1-19(2,3)25-18(24)22-20(4,5)11-16(23)21-17-14-7-12-6-13(9-14)10-15(17)8-12/h12-15,17H,6-11H2,1-5H3,(H,21,23)(H,22,24). The quantitative estimate of drug-likeness (QED) is 0.814. The zero-order valence-electron chi connectivity index (χ0n) is 16.4. The van der Waals surface area contributed by atoms with Crippen molar-refractivity contribution in [2.24, 2.45) is 23.7 Å². The Morgan fingerprint density at radius 1 is 0.920 bits per heavy atom. The summed E-state index contributed by atoms with van der Waals surface area (Å²) in [6.07, 6.45) is 6.37. The van der Waals surface area contributed by atoms with E-state index < -0.39 is 17.2 Å². The Labute approximate surface area is 151 Å². The van der Waals surface area contributed by atoms with Crippen molar-refractivity contribution in [3.05, 3.63) is 0 Å². The Bertz CT molecular complexity index is 508. The van der Waals surface area contributed by atoms with Crippen LogP contribution in [0.5, 0.6) is 0 Å². The maximum atomic E-state index is 12.6. The van der Waals surface area contributed by atoms with Crippen LogP contribution in [0.25, 0.3) is 0 Å². The average Bonchev–Trinajstić information content (AvgIpc) is 2.38. The highest BCUT2D eigenvalue weighted by atomic mass is 16.6. The van der Waals surface area contributed by atoms with Gasteiger partial charge in [0.25, 0.3) is 0 Å². The molecule has 0 spiro atoms. The van der Waals surface area contributed by atoms with Gasteiger partial charge < -0.3 is 15.4 Å². The van der Waals surface area contributed by atoms with E-state index in [9.17, 15) is 9.59 Å². The molecule has 4 rings (SSSR count). The maximum absolute atomic E-state index is 12.6. The molecule has 0 unspecified atom stereocenters. The molecule has 0 radical (unpaired) electrons. The van der Waals surface area contributed by atoms with Crippen LogP contribution in [-0.2, 0) is 9.53 Å². The average molecular weight is 351 g/mol. The summed E-state index contributed by atoms with van der Waals surface area (Å²) in [5.74, 6) is 3.18. The van der Waals surface area contributed by atoms with Gasteiger partial charge in [-0.25, -0.2) is 4.79 Å². The molecule has 0 aromatic rings. The third-order valence-electron chi connectivity index (χ3n) is 6.00. The van der Waals surface area contributed by atoms with Gasteiger partial charge in [-0.2, -0.15) is 0 Å². The third kappa shape index (κ3) is 4.68. The zero-order valence-corrected chi connectivity index (χ0v) is 16.4. The van der Waals surface area contributed by atoms with Crippen LogP contribution in [-0.4, -0.2) is 29.2 Å². The largest absolute Gasteiger partial charge is 0.444 e. The first kappa shape index (κ1) is 18.5. The molecule has 0 aromatic heterocycles. The maximum Gasteiger partial charge on any atom is 0.408 e. The van der Waals surface area contributed by atoms with Crippen LogP contribution in [0.2, 0.25) is 0 Å². The van der Waals surface area contributed by atoms with Crippen LogP contribution in [0.15, 0.2) is 0 Å². The fourth-order valence-corrected chi connectivity index (χ4v) is 5.42. The predicted molar refractivity (Wildman–Crippen MR) is 97.0 cm³/mol. The molecule has 4 aliphatic carbocycles. The second kappa shape index (κ2) is 6.48. The Balaban J connectivity index is 1.51. The lowest BCUT2D eigenvalue weighted by molar-refractivity contribution is -0.126. The number of amides is 2. The summed E-state index contributed by atoms with van der Waals surface area (Å²) in [7, 11) is 0. The first-order valence-electron chi connectivity index (χ1n) is 9.81. The van der Waals surface area contributed by atoms with E-state index in [2.05, 4.69) is 10.6 Å². The number of hydrogen-bond donors (Lipinski definition) is 2. The van der Waals surface area contributed by atoms with E-state index in [-0.39, 0.29) is 12.3 Å². The minimum atomic E-state index is -0.627.